The Labute approximate surface area is 259 Å². The van der Waals surface area contributed by atoms with Crippen LogP contribution in [0, 0.1) is 6.92 Å². The van der Waals surface area contributed by atoms with Crippen molar-refractivity contribution in [1.82, 2.24) is 10.2 Å². The van der Waals surface area contributed by atoms with Gasteiger partial charge in [0.1, 0.15) is 18.3 Å². The first-order valence-corrected chi connectivity index (χ1v) is 16.2. The first kappa shape index (κ1) is 32.6. The van der Waals surface area contributed by atoms with Crippen molar-refractivity contribution < 1.29 is 22.7 Å². The zero-order valence-electron chi connectivity index (χ0n) is 23.7. The third-order valence-corrected chi connectivity index (χ3v) is 9.61. The van der Waals surface area contributed by atoms with Crippen LogP contribution >= 0.6 is 31.9 Å². The quantitative estimate of drug-likeness (QED) is 0.247. The number of carbonyl (C=O) groups excluding carboxylic acids is 2. The van der Waals surface area contributed by atoms with Gasteiger partial charge in [-0.05, 0) is 91.1 Å². The average Bonchev–Trinajstić information content (AvgIpc) is 2.94. The van der Waals surface area contributed by atoms with Crippen molar-refractivity contribution in [2.24, 2.45) is 0 Å². The van der Waals surface area contributed by atoms with Gasteiger partial charge in [-0.1, -0.05) is 52.7 Å². The van der Waals surface area contributed by atoms with E-state index < -0.39 is 28.5 Å². The van der Waals surface area contributed by atoms with Gasteiger partial charge in [0, 0.05) is 17.1 Å². The lowest BCUT2D eigenvalue weighted by atomic mass is 10.1. The Morgan fingerprint density at radius 2 is 1.68 bits per heavy atom. The Hall–Kier alpha value is -2.89. The summed E-state index contributed by atoms with van der Waals surface area (Å²) < 4.78 is 35.7. The molecule has 0 aromatic heterocycles. The van der Waals surface area contributed by atoms with Crippen molar-refractivity contribution >= 4 is 59.4 Å². The molecule has 0 saturated carbocycles. The van der Waals surface area contributed by atoms with Crippen LogP contribution in [0.15, 0.2) is 80.6 Å². The number of methoxy groups -OCH3 is 1. The monoisotopic (exact) mass is 707 g/mol. The molecule has 3 rings (SSSR count). The number of rotatable bonds is 12. The van der Waals surface area contributed by atoms with Crippen LogP contribution in [0.2, 0.25) is 0 Å². The summed E-state index contributed by atoms with van der Waals surface area (Å²) in [6.07, 6.45) is 0.731. The first-order chi connectivity index (χ1) is 19.4. The average molecular weight is 710 g/mol. The van der Waals surface area contributed by atoms with Crippen LogP contribution in [0.3, 0.4) is 0 Å². The number of hydrogen-bond acceptors (Lipinski definition) is 5. The molecule has 0 heterocycles. The van der Waals surface area contributed by atoms with E-state index in [2.05, 4.69) is 37.2 Å². The molecule has 8 nitrogen and oxygen atoms in total. The van der Waals surface area contributed by atoms with Crippen LogP contribution in [0.5, 0.6) is 5.75 Å². The summed E-state index contributed by atoms with van der Waals surface area (Å²) in [6, 6.07) is 17.8. The molecule has 0 aliphatic carbocycles. The second-order valence-electron chi connectivity index (χ2n) is 9.79. The highest BCUT2D eigenvalue weighted by molar-refractivity contribution is 9.10. The number of halogens is 2. The maximum atomic E-state index is 14.0. The highest BCUT2D eigenvalue weighted by atomic mass is 79.9. The topological polar surface area (TPSA) is 96.0 Å². The summed E-state index contributed by atoms with van der Waals surface area (Å²) >= 11 is 6.82. The summed E-state index contributed by atoms with van der Waals surface area (Å²) in [7, 11) is -2.71. The van der Waals surface area contributed by atoms with E-state index in [9.17, 15) is 18.0 Å². The van der Waals surface area contributed by atoms with Gasteiger partial charge in [-0.15, -0.1) is 0 Å². The molecule has 0 radical (unpaired) electrons. The van der Waals surface area contributed by atoms with Gasteiger partial charge < -0.3 is 15.0 Å². The van der Waals surface area contributed by atoms with Crippen molar-refractivity contribution in [3.8, 4) is 5.75 Å². The van der Waals surface area contributed by atoms with Gasteiger partial charge in [0.2, 0.25) is 11.8 Å². The van der Waals surface area contributed by atoms with E-state index in [-0.39, 0.29) is 23.4 Å². The summed E-state index contributed by atoms with van der Waals surface area (Å²) in [5.41, 5.74) is 2.06. The standard InChI is InChI=1S/C30H35Br2N3O5S/c1-6-21(3)33-30(37)22(4)34(18-23-8-7-9-24(31)16-23)29(36)19-35(25-12-10-20(2)11-13-25)41(38,39)26-14-15-28(40-5)27(32)17-26/h7-17,21-22H,6,18-19H2,1-5H3,(H,33,37)/t21-,22+/m1/s1. The number of nitrogens with one attached hydrogen (secondary N) is 1. The lowest BCUT2D eigenvalue weighted by Gasteiger charge is -2.32. The molecule has 0 bridgehead atoms. The number of amides is 2. The Morgan fingerprint density at radius 1 is 1.00 bits per heavy atom. The number of hydrogen-bond donors (Lipinski definition) is 1. The van der Waals surface area contributed by atoms with Crippen LogP contribution in [-0.2, 0) is 26.2 Å². The lowest BCUT2D eigenvalue weighted by molar-refractivity contribution is -0.139. The smallest absolute Gasteiger partial charge is 0.264 e. The summed E-state index contributed by atoms with van der Waals surface area (Å²) in [6.45, 7) is 7.00. The van der Waals surface area contributed by atoms with Gasteiger partial charge in [-0.2, -0.15) is 0 Å². The van der Waals surface area contributed by atoms with Crippen molar-refractivity contribution in [3.05, 3.63) is 86.8 Å². The normalized spacial score (nSPS) is 12.8. The number of benzene rings is 3. The molecule has 0 spiro atoms. The highest BCUT2D eigenvalue weighted by Gasteiger charge is 2.33. The van der Waals surface area contributed by atoms with Crippen LogP contribution < -0.4 is 14.4 Å². The van der Waals surface area contributed by atoms with E-state index in [1.54, 1.807) is 37.3 Å². The van der Waals surface area contributed by atoms with Gasteiger partial charge in [0.25, 0.3) is 10.0 Å². The van der Waals surface area contributed by atoms with Crippen molar-refractivity contribution in [3.63, 3.8) is 0 Å². The van der Waals surface area contributed by atoms with Gasteiger partial charge >= 0.3 is 0 Å². The number of nitrogens with zero attached hydrogens (tertiary/aromatic N) is 2. The highest BCUT2D eigenvalue weighted by Crippen LogP contribution is 2.31. The number of carbonyl (C=O) groups is 2. The predicted octanol–water partition coefficient (Wildman–Crippen LogP) is 6.06. The third kappa shape index (κ3) is 8.33. The van der Waals surface area contributed by atoms with Crippen molar-refractivity contribution in [2.75, 3.05) is 18.0 Å². The first-order valence-electron chi connectivity index (χ1n) is 13.1. The lowest BCUT2D eigenvalue weighted by Crippen LogP contribution is -2.52. The van der Waals surface area contributed by atoms with E-state index in [1.807, 2.05) is 45.0 Å². The molecule has 0 unspecified atom stereocenters. The molecule has 2 amide bonds. The minimum atomic E-state index is -4.20. The molecule has 1 N–H and O–H groups in total. The zero-order chi connectivity index (χ0) is 30.3. The van der Waals surface area contributed by atoms with E-state index in [0.29, 0.717) is 15.9 Å². The third-order valence-electron chi connectivity index (χ3n) is 6.72. The van der Waals surface area contributed by atoms with Crippen molar-refractivity contribution in [1.29, 1.82) is 0 Å². The van der Waals surface area contributed by atoms with E-state index >= 15 is 0 Å². The summed E-state index contributed by atoms with van der Waals surface area (Å²) in [5.74, 6) is -0.358. The molecule has 11 heteroatoms. The fraction of sp³-hybridized carbons (Fsp3) is 0.333. The second kappa shape index (κ2) is 14.3. The SMILES string of the molecule is CC[C@@H](C)NC(=O)[C@H](C)N(Cc1cccc(Br)c1)C(=O)CN(c1ccc(C)cc1)S(=O)(=O)c1ccc(OC)c(Br)c1. The maximum absolute atomic E-state index is 14.0. The largest absolute Gasteiger partial charge is 0.496 e. The maximum Gasteiger partial charge on any atom is 0.264 e. The van der Waals surface area contributed by atoms with Gasteiger partial charge in [0.15, 0.2) is 0 Å². The minimum absolute atomic E-state index is 0.0142. The van der Waals surface area contributed by atoms with E-state index in [0.717, 1.165) is 26.3 Å². The molecular formula is C30H35Br2N3O5S. The second-order valence-corrected chi connectivity index (χ2v) is 13.4. The van der Waals surface area contributed by atoms with Crippen LogP contribution in [0.25, 0.3) is 0 Å². The number of sulfonamides is 1. The molecule has 41 heavy (non-hydrogen) atoms. The number of anilines is 1. The number of ether oxygens (including phenoxy) is 1. The Kier molecular flexibility index (Phi) is 11.4. The van der Waals surface area contributed by atoms with Crippen LogP contribution in [-0.4, -0.2) is 50.9 Å². The fourth-order valence-electron chi connectivity index (χ4n) is 4.05. The molecule has 2 atom stereocenters. The fourth-order valence-corrected chi connectivity index (χ4v) is 6.63. The summed E-state index contributed by atoms with van der Waals surface area (Å²) in [5, 5.41) is 2.94. The predicted molar refractivity (Wildman–Crippen MR) is 168 cm³/mol. The summed E-state index contributed by atoms with van der Waals surface area (Å²) in [4.78, 5) is 28.6. The molecular weight excluding hydrogens is 674 g/mol. The van der Waals surface area contributed by atoms with Gasteiger partial charge in [-0.3, -0.25) is 13.9 Å². The Morgan fingerprint density at radius 3 is 2.27 bits per heavy atom. The Balaban J connectivity index is 2.05. The molecule has 0 aliphatic heterocycles. The molecule has 0 saturated heterocycles. The van der Waals surface area contributed by atoms with Crippen LogP contribution in [0.1, 0.15) is 38.3 Å². The zero-order valence-corrected chi connectivity index (χ0v) is 27.7. The number of aryl methyl sites for hydroxylation is 1. The van der Waals surface area contributed by atoms with Gasteiger partial charge in [0.05, 0.1) is 22.2 Å². The Bertz CT molecular complexity index is 1480. The molecule has 0 aliphatic rings. The van der Waals surface area contributed by atoms with Crippen molar-refractivity contribution in [2.45, 2.75) is 57.6 Å². The molecule has 220 valence electrons. The molecule has 3 aromatic rings. The van der Waals surface area contributed by atoms with Gasteiger partial charge in [-0.25, -0.2) is 8.42 Å². The van der Waals surface area contributed by atoms with E-state index in [4.69, 9.17) is 4.74 Å². The van der Waals surface area contributed by atoms with Crippen LogP contribution in [0.4, 0.5) is 5.69 Å². The molecule has 3 aromatic carbocycles. The molecule has 0 fully saturated rings. The minimum Gasteiger partial charge on any atom is -0.496 e. The van der Waals surface area contributed by atoms with E-state index in [1.165, 1.54) is 24.1 Å².